The minimum atomic E-state index is -0.856. The van der Waals surface area contributed by atoms with Gasteiger partial charge in [-0.2, -0.15) is 0 Å². The number of amides is 1. The summed E-state index contributed by atoms with van der Waals surface area (Å²) in [6, 6.07) is 1.01. The minimum absolute atomic E-state index is 0.0922. The van der Waals surface area contributed by atoms with Crippen molar-refractivity contribution in [3.05, 3.63) is 23.5 Å². The Morgan fingerprint density at radius 1 is 1.24 bits per heavy atom. The molecule has 1 fully saturated rings. The lowest BCUT2D eigenvalue weighted by Gasteiger charge is -2.36. The third-order valence-corrected chi connectivity index (χ3v) is 3.83. The zero-order valence-electron chi connectivity index (χ0n) is 12.1. The largest absolute Gasteiger partial charge is 0.480 e. The molecule has 2 N–H and O–H groups in total. The van der Waals surface area contributed by atoms with Gasteiger partial charge in [0.05, 0.1) is 0 Å². The Labute approximate surface area is 122 Å². The van der Waals surface area contributed by atoms with E-state index in [-0.39, 0.29) is 11.7 Å². The Hall–Kier alpha value is -2.15. The number of aromatic nitrogens is 1. The summed E-state index contributed by atoms with van der Waals surface area (Å²) < 4.78 is 0. The average molecular weight is 293 g/mol. The topological polar surface area (TPSA) is 93.7 Å². The Bertz CT molecular complexity index is 558. The van der Waals surface area contributed by atoms with Crippen molar-refractivity contribution in [1.29, 1.82) is 0 Å². The standard InChI is InChI=1S/C14H19N3O4/c1-9(14(20)21)16-3-5-17(6-4-16)13(19)12-7-11(8-15-12)10(2)18/h7-9,15H,3-6H2,1-2H3,(H,20,21). The van der Waals surface area contributed by atoms with Crippen LogP contribution in [0, 0.1) is 0 Å². The summed E-state index contributed by atoms with van der Waals surface area (Å²) in [6.07, 6.45) is 1.53. The number of hydrogen-bond donors (Lipinski definition) is 2. The van der Waals surface area contributed by atoms with E-state index in [9.17, 15) is 14.4 Å². The highest BCUT2D eigenvalue weighted by atomic mass is 16.4. The van der Waals surface area contributed by atoms with Crippen molar-refractivity contribution < 1.29 is 19.5 Å². The van der Waals surface area contributed by atoms with Gasteiger partial charge in [0.1, 0.15) is 11.7 Å². The molecule has 2 heterocycles. The van der Waals surface area contributed by atoms with Crippen molar-refractivity contribution in [2.75, 3.05) is 26.2 Å². The molecule has 1 unspecified atom stereocenters. The van der Waals surface area contributed by atoms with Crippen LogP contribution in [0.1, 0.15) is 34.7 Å². The maximum Gasteiger partial charge on any atom is 0.320 e. The Morgan fingerprint density at radius 2 is 1.86 bits per heavy atom. The van der Waals surface area contributed by atoms with E-state index in [1.165, 1.54) is 13.1 Å². The number of carboxylic acid groups (broad SMARTS) is 1. The van der Waals surface area contributed by atoms with E-state index in [4.69, 9.17) is 5.11 Å². The molecule has 1 amide bonds. The van der Waals surface area contributed by atoms with Crippen LogP contribution in [0.3, 0.4) is 0 Å². The number of nitrogens with one attached hydrogen (secondary N) is 1. The number of ketones is 1. The summed E-state index contributed by atoms with van der Waals surface area (Å²) in [5.74, 6) is -1.11. The van der Waals surface area contributed by atoms with Gasteiger partial charge in [0, 0.05) is 37.9 Å². The fraction of sp³-hybridized carbons (Fsp3) is 0.500. The number of rotatable bonds is 4. The van der Waals surface area contributed by atoms with Gasteiger partial charge in [-0.15, -0.1) is 0 Å². The number of carbonyl (C=O) groups excluding carboxylic acids is 2. The first-order chi connectivity index (χ1) is 9.90. The van der Waals surface area contributed by atoms with Crippen molar-refractivity contribution >= 4 is 17.7 Å². The summed E-state index contributed by atoms with van der Waals surface area (Å²) in [5, 5.41) is 8.98. The molecule has 7 heteroatoms. The highest BCUT2D eigenvalue weighted by molar-refractivity contribution is 5.99. The summed E-state index contributed by atoms with van der Waals surface area (Å²) in [5.41, 5.74) is 0.872. The van der Waals surface area contributed by atoms with E-state index < -0.39 is 12.0 Å². The van der Waals surface area contributed by atoms with Crippen LogP contribution in [0.4, 0.5) is 0 Å². The van der Waals surface area contributed by atoms with E-state index in [1.807, 2.05) is 4.90 Å². The quantitative estimate of drug-likeness (QED) is 0.786. The van der Waals surface area contributed by atoms with Gasteiger partial charge in [-0.1, -0.05) is 0 Å². The fourth-order valence-electron chi connectivity index (χ4n) is 2.36. The van der Waals surface area contributed by atoms with Crippen molar-refractivity contribution in [3.63, 3.8) is 0 Å². The molecule has 1 atom stereocenters. The Balaban J connectivity index is 1.96. The van der Waals surface area contributed by atoms with Crippen LogP contribution in [0.25, 0.3) is 0 Å². The second-order valence-electron chi connectivity index (χ2n) is 5.20. The molecule has 2 rings (SSSR count). The number of nitrogens with zero attached hydrogens (tertiary/aromatic N) is 2. The van der Waals surface area contributed by atoms with Gasteiger partial charge < -0.3 is 15.0 Å². The second-order valence-corrected chi connectivity index (χ2v) is 5.20. The van der Waals surface area contributed by atoms with E-state index in [1.54, 1.807) is 17.9 Å². The van der Waals surface area contributed by atoms with Crippen LogP contribution >= 0.6 is 0 Å². The van der Waals surface area contributed by atoms with Crippen LogP contribution in [-0.2, 0) is 4.79 Å². The first-order valence-corrected chi connectivity index (χ1v) is 6.85. The van der Waals surface area contributed by atoms with Gasteiger partial charge >= 0.3 is 5.97 Å². The Morgan fingerprint density at radius 3 is 2.33 bits per heavy atom. The SMILES string of the molecule is CC(=O)c1c[nH]c(C(=O)N2CCN(C(C)C(=O)O)CC2)c1. The van der Waals surface area contributed by atoms with Crippen molar-refractivity contribution in [2.45, 2.75) is 19.9 Å². The smallest absolute Gasteiger partial charge is 0.320 e. The Kier molecular flexibility index (Phi) is 4.42. The maximum absolute atomic E-state index is 12.3. The molecule has 1 aliphatic rings. The van der Waals surface area contributed by atoms with Gasteiger partial charge in [0.25, 0.3) is 5.91 Å². The van der Waals surface area contributed by atoms with Gasteiger partial charge in [0.15, 0.2) is 5.78 Å². The molecule has 7 nitrogen and oxygen atoms in total. The lowest BCUT2D eigenvalue weighted by Crippen LogP contribution is -2.53. The maximum atomic E-state index is 12.3. The summed E-state index contributed by atoms with van der Waals surface area (Å²) in [7, 11) is 0. The number of piperazine rings is 1. The van der Waals surface area contributed by atoms with Gasteiger partial charge in [-0.05, 0) is 19.9 Å². The molecule has 0 spiro atoms. The molecule has 1 saturated heterocycles. The molecule has 0 aliphatic carbocycles. The van der Waals surface area contributed by atoms with E-state index in [0.717, 1.165) is 0 Å². The van der Waals surface area contributed by atoms with Crippen LogP contribution in [-0.4, -0.2) is 69.8 Å². The molecule has 0 bridgehead atoms. The van der Waals surface area contributed by atoms with Crippen LogP contribution in [0.2, 0.25) is 0 Å². The number of carboxylic acids is 1. The van der Waals surface area contributed by atoms with Crippen LogP contribution < -0.4 is 0 Å². The predicted molar refractivity (Wildman–Crippen MR) is 75.4 cm³/mol. The molecule has 1 aliphatic heterocycles. The van der Waals surface area contributed by atoms with Gasteiger partial charge in [0.2, 0.25) is 0 Å². The van der Waals surface area contributed by atoms with Gasteiger partial charge in [-0.3, -0.25) is 19.3 Å². The highest BCUT2D eigenvalue weighted by Crippen LogP contribution is 2.12. The molecule has 1 aromatic rings. The number of H-pyrrole nitrogens is 1. The molecule has 1 aromatic heterocycles. The van der Waals surface area contributed by atoms with Crippen molar-refractivity contribution in [2.24, 2.45) is 0 Å². The molecule has 0 saturated carbocycles. The molecule has 0 aromatic carbocycles. The number of aromatic amines is 1. The van der Waals surface area contributed by atoms with E-state index >= 15 is 0 Å². The van der Waals surface area contributed by atoms with E-state index in [0.29, 0.717) is 37.4 Å². The van der Waals surface area contributed by atoms with Crippen molar-refractivity contribution in [3.8, 4) is 0 Å². The first kappa shape index (κ1) is 15.2. The minimum Gasteiger partial charge on any atom is -0.480 e. The lowest BCUT2D eigenvalue weighted by atomic mass is 10.2. The number of aliphatic carboxylic acids is 1. The second kappa shape index (κ2) is 6.09. The monoisotopic (exact) mass is 293 g/mol. The van der Waals surface area contributed by atoms with Crippen LogP contribution in [0.5, 0.6) is 0 Å². The lowest BCUT2D eigenvalue weighted by molar-refractivity contribution is -0.143. The van der Waals surface area contributed by atoms with Gasteiger partial charge in [-0.25, -0.2) is 0 Å². The van der Waals surface area contributed by atoms with Crippen LogP contribution in [0.15, 0.2) is 12.3 Å². The fourth-order valence-corrected chi connectivity index (χ4v) is 2.36. The zero-order chi connectivity index (χ0) is 15.6. The normalized spacial score (nSPS) is 17.5. The highest BCUT2D eigenvalue weighted by Gasteiger charge is 2.28. The first-order valence-electron chi connectivity index (χ1n) is 6.85. The summed E-state index contributed by atoms with van der Waals surface area (Å²) in [6.45, 7) is 5.10. The molecule has 114 valence electrons. The number of carbonyl (C=O) groups is 3. The van der Waals surface area contributed by atoms with Crippen molar-refractivity contribution in [1.82, 2.24) is 14.8 Å². The molecular weight excluding hydrogens is 274 g/mol. The zero-order valence-corrected chi connectivity index (χ0v) is 12.1. The molecule has 21 heavy (non-hydrogen) atoms. The predicted octanol–water partition coefficient (Wildman–Crippen LogP) is 0.448. The molecular formula is C14H19N3O4. The summed E-state index contributed by atoms with van der Waals surface area (Å²) in [4.78, 5) is 40.8. The average Bonchev–Trinajstić information content (AvgIpc) is 2.96. The third-order valence-electron chi connectivity index (χ3n) is 3.83. The number of Topliss-reactive ketones (excluding diaryl/α,β-unsaturated/α-hetero) is 1. The number of hydrogen-bond acceptors (Lipinski definition) is 4. The van der Waals surface area contributed by atoms with E-state index in [2.05, 4.69) is 4.98 Å². The molecule has 0 radical (unpaired) electrons. The third kappa shape index (κ3) is 3.30. The summed E-state index contributed by atoms with van der Waals surface area (Å²) >= 11 is 0.